The van der Waals surface area contributed by atoms with Crippen LogP contribution in [0.15, 0.2) is 0 Å². The van der Waals surface area contributed by atoms with Crippen molar-refractivity contribution in [2.24, 2.45) is 0 Å². The summed E-state index contributed by atoms with van der Waals surface area (Å²) < 4.78 is 5.09. The molecule has 1 amide bonds. The van der Waals surface area contributed by atoms with Gasteiger partial charge in [0.15, 0.2) is 6.61 Å². The molecule has 1 N–H and O–H groups in total. The summed E-state index contributed by atoms with van der Waals surface area (Å²) in [5.41, 5.74) is 2.23. The number of nitriles is 1. The van der Waals surface area contributed by atoms with Gasteiger partial charge in [-0.2, -0.15) is 5.26 Å². The van der Waals surface area contributed by atoms with Crippen molar-refractivity contribution in [3.63, 3.8) is 0 Å². The first-order valence-electron chi connectivity index (χ1n) is 8.45. The first-order valence-corrected chi connectivity index (χ1v) is 10.1. The summed E-state index contributed by atoms with van der Waals surface area (Å²) in [5, 5.41) is 13.6. The number of thiophene rings is 1. The molecule has 0 saturated carbocycles. The first-order chi connectivity index (χ1) is 12.5. The number of thiazole rings is 1. The van der Waals surface area contributed by atoms with Gasteiger partial charge in [-0.25, -0.2) is 9.78 Å². The second kappa shape index (κ2) is 7.98. The molecule has 0 atom stereocenters. The van der Waals surface area contributed by atoms with Crippen LogP contribution in [0.2, 0.25) is 0 Å². The van der Waals surface area contributed by atoms with E-state index in [9.17, 15) is 14.9 Å². The summed E-state index contributed by atoms with van der Waals surface area (Å²) in [6.07, 6.45) is 5.17. The number of nitrogens with zero attached hydrogens (tertiary/aromatic N) is 2. The average Bonchev–Trinajstić information content (AvgIpc) is 3.01. The third kappa shape index (κ3) is 3.94. The van der Waals surface area contributed by atoms with Crippen molar-refractivity contribution >= 4 is 39.6 Å². The van der Waals surface area contributed by atoms with Crippen LogP contribution in [0, 0.1) is 25.2 Å². The molecule has 0 unspecified atom stereocenters. The van der Waals surface area contributed by atoms with Crippen LogP contribution in [0.1, 0.15) is 55.6 Å². The number of nitrogens with one attached hydrogen (secondary N) is 1. The maximum absolute atomic E-state index is 12.2. The SMILES string of the molecule is Cc1nc(C)c(C(=O)OCC(=O)Nc2sc3c(c2C#N)CCCCC3)s1. The number of carbonyl (C=O) groups excluding carboxylic acids is 2. The van der Waals surface area contributed by atoms with Gasteiger partial charge in [-0.1, -0.05) is 6.42 Å². The number of aryl methyl sites for hydroxylation is 3. The van der Waals surface area contributed by atoms with Crippen LogP contribution < -0.4 is 5.32 Å². The van der Waals surface area contributed by atoms with E-state index < -0.39 is 11.9 Å². The topological polar surface area (TPSA) is 92.1 Å². The van der Waals surface area contributed by atoms with Gasteiger partial charge in [0.1, 0.15) is 15.9 Å². The Morgan fingerprint density at radius 3 is 2.69 bits per heavy atom. The summed E-state index contributed by atoms with van der Waals surface area (Å²) in [5.74, 6) is -0.990. The molecule has 0 aromatic carbocycles. The lowest BCUT2D eigenvalue weighted by molar-refractivity contribution is -0.119. The van der Waals surface area contributed by atoms with E-state index in [0.29, 0.717) is 21.1 Å². The lowest BCUT2D eigenvalue weighted by atomic mass is 10.1. The van der Waals surface area contributed by atoms with Gasteiger partial charge in [-0.3, -0.25) is 4.79 Å². The Morgan fingerprint density at radius 1 is 1.23 bits per heavy atom. The third-order valence-corrected chi connectivity index (χ3v) is 6.47. The van der Waals surface area contributed by atoms with E-state index in [4.69, 9.17) is 4.74 Å². The largest absolute Gasteiger partial charge is 0.451 e. The zero-order chi connectivity index (χ0) is 18.7. The number of esters is 1. The highest BCUT2D eigenvalue weighted by Crippen LogP contribution is 2.36. The minimum absolute atomic E-state index is 0.386. The van der Waals surface area contributed by atoms with Crippen LogP contribution in [-0.2, 0) is 22.4 Å². The molecule has 0 spiro atoms. The normalized spacial score (nSPS) is 13.4. The van der Waals surface area contributed by atoms with Crippen LogP contribution in [0.3, 0.4) is 0 Å². The Labute approximate surface area is 159 Å². The molecule has 0 fully saturated rings. The summed E-state index contributed by atoms with van der Waals surface area (Å²) in [6, 6.07) is 2.22. The second-order valence-electron chi connectivity index (χ2n) is 6.15. The minimum atomic E-state index is -0.550. The molecule has 0 saturated heterocycles. The lowest BCUT2D eigenvalue weighted by Crippen LogP contribution is -2.20. The zero-order valence-electron chi connectivity index (χ0n) is 14.7. The Bertz CT molecular complexity index is 892. The van der Waals surface area contributed by atoms with Crippen LogP contribution >= 0.6 is 22.7 Å². The third-order valence-electron chi connectivity index (χ3n) is 4.21. The van der Waals surface area contributed by atoms with Gasteiger partial charge in [0.05, 0.1) is 16.3 Å². The molecule has 1 aliphatic rings. The van der Waals surface area contributed by atoms with Crippen molar-refractivity contribution in [3.8, 4) is 6.07 Å². The highest BCUT2D eigenvalue weighted by Gasteiger charge is 2.22. The summed E-state index contributed by atoms with van der Waals surface area (Å²) in [7, 11) is 0. The van der Waals surface area contributed by atoms with Gasteiger partial charge >= 0.3 is 5.97 Å². The molecule has 2 heterocycles. The van der Waals surface area contributed by atoms with Crippen LogP contribution in [0.4, 0.5) is 5.00 Å². The minimum Gasteiger partial charge on any atom is -0.451 e. The number of rotatable bonds is 4. The fraction of sp³-hybridized carbons (Fsp3) is 0.444. The monoisotopic (exact) mass is 389 g/mol. The fourth-order valence-corrected chi connectivity index (χ4v) is 5.10. The Kier molecular flexibility index (Phi) is 5.69. The highest BCUT2D eigenvalue weighted by molar-refractivity contribution is 7.16. The molecule has 26 heavy (non-hydrogen) atoms. The first kappa shape index (κ1) is 18.5. The van der Waals surface area contributed by atoms with Crippen LogP contribution in [-0.4, -0.2) is 23.5 Å². The molecule has 136 valence electrons. The molecular formula is C18H19N3O3S2. The second-order valence-corrected chi connectivity index (χ2v) is 8.46. The number of hydrogen-bond acceptors (Lipinski definition) is 7. The number of carbonyl (C=O) groups is 2. The highest BCUT2D eigenvalue weighted by atomic mass is 32.1. The van der Waals surface area contributed by atoms with E-state index in [1.54, 1.807) is 6.92 Å². The molecule has 0 bridgehead atoms. The fourth-order valence-electron chi connectivity index (χ4n) is 3.03. The smallest absolute Gasteiger partial charge is 0.350 e. The summed E-state index contributed by atoms with van der Waals surface area (Å²) in [6.45, 7) is 3.16. The molecule has 3 rings (SSSR count). The molecular weight excluding hydrogens is 370 g/mol. The molecule has 0 aliphatic heterocycles. The summed E-state index contributed by atoms with van der Waals surface area (Å²) in [4.78, 5) is 30.0. The average molecular weight is 390 g/mol. The van der Waals surface area contributed by atoms with E-state index in [2.05, 4.69) is 16.4 Å². The molecule has 1 aliphatic carbocycles. The van der Waals surface area contributed by atoms with Crippen LogP contribution in [0.5, 0.6) is 0 Å². The number of anilines is 1. The van der Waals surface area contributed by atoms with E-state index in [1.807, 2.05) is 6.92 Å². The van der Waals surface area contributed by atoms with E-state index in [0.717, 1.165) is 36.3 Å². The number of fused-ring (bicyclic) bond motifs is 1. The lowest BCUT2D eigenvalue weighted by Gasteiger charge is -2.05. The van der Waals surface area contributed by atoms with Gasteiger partial charge in [0, 0.05) is 4.88 Å². The summed E-state index contributed by atoms with van der Waals surface area (Å²) >= 11 is 2.71. The Morgan fingerprint density at radius 2 is 2.00 bits per heavy atom. The van der Waals surface area contributed by atoms with Gasteiger partial charge < -0.3 is 10.1 Å². The molecule has 0 radical (unpaired) electrons. The van der Waals surface area contributed by atoms with E-state index in [1.165, 1.54) is 34.0 Å². The molecule has 2 aromatic rings. The Hall–Kier alpha value is -2.24. The van der Waals surface area contributed by atoms with Crippen molar-refractivity contribution in [3.05, 3.63) is 31.6 Å². The van der Waals surface area contributed by atoms with Gasteiger partial charge in [0.25, 0.3) is 5.91 Å². The molecule has 6 nitrogen and oxygen atoms in total. The maximum atomic E-state index is 12.2. The number of aromatic nitrogens is 1. The predicted octanol–water partition coefficient (Wildman–Crippen LogP) is 3.76. The van der Waals surface area contributed by atoms with Crippen molar-refractivity contribution < 1.29 is 14.3 Å². The van der Waals surface area contributed by atoms with Gasteiger partial charge in [0.2, 0.25) is 0 Å². The van der Waals surface area contributed by atoms with Crippen molar-refractivity contribution in [1.82, 2.24) is 4.98 Å². The molecule has 8 heteroatoms. The standard InChI is InChI=1S/C18H19N3O3S2/c1-10-16(25-11(2)20-10)18(23)24-9-15(22)21-17-13(8-19)12-6-4-3-5-7-14(12)26-17/h3-7,9H2,1-2H3,(H,21,22). The maximum Gasteiger partial charge on any atom is 0.350 e. The zero-order valence-corrected chi connectivity index (χ0v) is 16.3. The molecule has 2 aromatic heterocycles. The van der Waals surface area contributed by atoms with E-state index in [-0.39, 0.29) is 6.61 Å². The number of amides is 1. The number of ether oxygens (including phenoxy) is 1. The van der Waals surface area contributed by atoms with Crippen molar-refractivity contribution in [1.29, 1.82) is 5.26 Å². The van der Waals surface area contributed by atoms with Gasteiger partial charge in [-0.05, 0) is 45.1 Å². The van der Waals surface area contributed by atoms with Crippen LogP contribution in [0.25, 0.3) is 0 Å². The van der Waals surface area contributed by atoms with Gasteiger partial charge in [-0.15, -0.1) is 22.7 Å². The predicted molar refractivity (Wildman–Crippen MR) is 101 cm³/mol. The Balaban J connectivity index is 1.64. The quantitative estimate of drug-likeness (QED) is 0.635. The van der Waals surface area contributed by atoms with E-state index >= 15 is 0 Å². The number of hydrogen-bond donors (Lipinski definition) is 1. The van der Waals surface area contributed by atoms with Crippen molar-refractivity contribution in [2.75, 3.05) is 11.9 Å². The van der Waals surface area contributed by atoms with Crippen molar-refractivity contribution in [2.45, 2.75) is 46.0 Å².